The fraction of sp³-hybridized carbons (Fsp3) is 0.381. The first kappa shape index (κ1) is 22.7. The molecule has 2 aromatic carbocycles. The molecule has 1 aliphatic rings. The van der Waals surface area contributed by atoms with Crippen LogP contribution in [0.1, 0.15) is 30.6 Å². The van der Waals surface area contributed by atoms with Gasteiger partial charge in [0.15, 0.2) is 9.84 Å². The third-order valence-electron chi connectivity index (χ3n) is 5.09. The standard InChI is InChI=1S/C21H22BrF2NO4S/c1-14(13-29-21(26)25-10-2-3-11-25)20(18-12-16(23)6-9-19(18)24)30(27,28)17-7-4-15(22)5-8-17/h4-9,12,14,20H,2-3,10-11,13H2,1H3. The van der Waals surface area contributed by atoms with Crippen LogP contribution in [0.5, 0.6) is 0 Å². The Morgan fingerprint density at radius 3 is 2.40 bits per heavy atom. The highest BCUT2D eigenvalue weighted by Crippen LogP contribution is 2.37. The molecule has 0 bridgehead atoms. The second kappa shape index (κ2) is 9.43. The lowest BCUT2D eigenvalue weighted by Gasteiger charge is -2.26. The number of hydrogen-bond donors (Lipinski definition) is 0. The van der Waals surface area contributed by atoms with Crippen LogP contribution in [0, 0.1) is 17.6 Å². The van der Waals surface area contributed by atoms with Crippen molar-refractivity contribution in [1.29, 1.82) is 0 Å². The minimum atomic E-state index is -4.11. The van der Waals surface area contributed by atoms with Crippen molar-refractivity contribution >= 4 is 31.9 Å². The van der Waals surface area contributed by atoms with Gasteiger partial charge in [-0.3, -0.25) is 0 Å². The molecular weight excluding hydrogens is 480 g/mol. The molecule has 1 amide bonds. The van der Waals surface area contributed by atoms with Gasteiger partial charge in [0.1, 0.15) is 11.6 Å². The summed E-state index contributed by atoms with van der Waals surface area (Å²) in [7, 11) is -4.11. The van der Waals surface area contributed by atoms with E-state index in [1.807, 2.05) is 0 Å². The van der Waals surface area contributed by atoms with Crippen molar-refractivity contribution in [3.63, 3.8) is 0 Å². The SMILES string of the molecule is CC(COC(=O)N1CCCC1)C(c1cc(F)ccc1F)S(=O)(=O)c1ccc(Br)cc1. The smallest absolute Gasteiger partial charge is 0.409 e. The van der Waals surface area contributed by atoms with Crippen molar-refractivity contribution in [2.24, 2.45) is 5.92 Å². The average molecular weight is 502 g/mol. The van der Waals surface area contributed by atoms with E-state index in [1.54, 1.807) is 24.0 Å². The van der Waals surface area contributed by atoms with Crippen LogP contribution >= 0.6 is 15.9 Å². The number of carbonyl (C=O) groups is 1. The summed E-state index contributed by atoms with van der Waals surface area (Å²) in [5.41, 5.74) is -0.289. The van der Waals surface area contributed by atoms with Crippen LogP contribution < -0.4 is 0 Å². The van der Waals surface area contributed by atoms with Crippen LogP contribution in [0.3, 0.4) is 0 Å². The van der Waals surface area contributed by atoms with Gasteiger partial charge in [0, 0.05) is 29.0 Å². The number of halogens is 3. The van der Waals surface area contributed by atoms with Crippen molar-refractivity contribution < 1.29 is 26.7 Å². The van der Waals surface area contributed by atoms with Crippen molar-refractivity contribution in [3.05, 3.63) is 64.1 Å². The van der Waals surface area contributed by atoms with Gasteiger partial charge < -0.3 is 9.64 Å². The van der Waals surface area contributed by atoms with Gasteiger partial charge in [0.2, 0.25) is 0 Å². The normalized spacial score (nSPS) is 16.3. The summed E-state index contributed by atoms with van der Waals surface area (Å²) in [6.45, 7) is 2.48. The van der Waals surface area contributed by atoms with E-state index >= 15 is 0 Å². The van der Waals surface area contributed by atoms with Crippen LogP contribution in [-0.4, -0.2) is 39.1 Å². The Morgan fingerprint density at radius 2 is 1.77 bits per heavy atom. The number of rotatable bonds is 6. The first-order valence-corrected chi connectivity index (χ1v) is 11.9. The van der Waals surface area contributed by atoms with Crippen molar-refractivity contribution in [1.82, 2.24) is 4.90 Å². The Hall–Kier alpha value is -2.00. The number of sulfone groups is 1. The molecule has 0 N–H and O–H groups in total. The minimum absolute atomic E-state index is 0.0305. The monoisotopic (exact) mass is 501 g/mol. The zero-order chi connectivity index (χ0) is 21.9. The quantitative estimate of drug-likeness (QED) is 0.551. The third kappa shape index (κ3) is 5.00. The maximum absolute atomic E-state index is 14.6. The van der Waals surface area contributed by atoms with Crippen molar-refractivity contribution in [3.8, 4) is 0 Å². The summed E-state index contributed by atoms with van der Waals surface area (Å²) in [6, 6.07) is 8.63. The lowest BCUT2D eigenvalue weighted by atomic mass is 10.0. The number of nitrogens with zero attached hydrogens (tertiary/aromatic N) is 1. The molecule has 162 valence electrons. The van der Waals surface area contributed by atoms with Crippen LogP contribution in [0.25, 0.3) is 0 Å². The molecule has 9 heteroatoms. The highest BCUT2D eigenvalue weighted by atomic mass is 79.9. The van der Waals surface area contributed by atoms with Gasteiger partial charge in [0.05, 0.1) is 16.8 Å². The molecule has 0 saturated carbocycles. The lowest BCUT2D eigenvalue weighted by molar-refractivity contribution is 0.0960. The summed E-state index contributed by atoms with van der Waals surface area (Å²) in [5, 5.41) is -1.43. The topological polar surface area (TPSA) is 63.7 Å². The van der Waals surface area contributed by atoms with Gasteiger partial charge >= 0.3 is 6.09 Å². The molecule has 2 atom stereocenters. The Bertz CT molecular complexity index is 1010. The molecule has 1 saturated heterocycles. The molecular formula is C21H22BrF2NO4S. The van der Waals surface area contributed by atoms with Gasteiger partial charge in [0.25, 0.3) is 0 Å². The van der Waals surface area contributed by atoms with E-state index in [4.69, 9.17) is 4.74 Å². The van der Waals surface area contributed by atoms with Crippen LogP contribution in [0.15, 0.2) is 51.8 Å². The van der Waals surface area contributed by atoms with Gasteiger partial charge in [-0.2, -0.15) is 0 Å². The summed E-state index contributed by atoms with van der Waals surface area (Å²) in [5.74, 6) is -2.40. The van der Waals surface area contributed by atoms with Gasteiger partial charge in [-0.05, 0) is 55.3 Å². The van der Waals surface area contributed by atoms with E-state index in [0.717, 1.165) is 31.0 Å². The number of amides is 1. The van der Waals surface area contributed by atoms with E-state index in [0.29, 0.717) is 17.6 Å². The maximum atomic E-state index is 14.6. The predicted octanol–water partition coefficient (Wildman–Crippen LogP) is 5.11. The molecule has 1 heterocycles. The highest BCUT2D eigenvalue weighted by molar-refractivity contribution is 9.10. The number of benzene rings is 2. The van der Waals surface area contributed by atoms with E-state index in [9.17, 15) is 22.0 Å². The molecule has 5 nitrogen and oxygen atoms in total. The fourth-order valence-corrected chi connectivity index (χ4v) is 5.84. The molecule has 0 aromatic heterocycles. The van der Waals surface area contributed by atoms with Crippen molar-refractivity contribution in [2.45, 2.75) is 29.9 Å². The first-order valence-electron chi connectivity index (χ1n) is 9.56. The number of ether oxygens (including phenoxy) is 1. The number of hydrogen-bond acceptors (Lipinski definition) is 4. The summed E-state index contributed by atoms with van der Waals surface area (Å²) in [4.78, 5) is 13.7. The average Bonchev–Trinajstić information content (AvgIpc) is 3.24. The van der Waals surface area contributed by atoms with E-state index in [-0.39, 0.29) is 17.1 Å². The molecule has 2 aromatic rings. The van der Waals surface area contributed by atoms with Crippen molar-refractivity contribution in [2.75, 3.05) is 19.7 Å². The summed E-state index contributed by atoms with van der Waals surface area (Å²) < 4.78 is 61.2. The van der Waals surface area contributed by atoms with Crippen LogP contribution in [0.2, 0.25) is 0 Å². The molecule has 1 aliphatic heterocycles. The Balaban J connectivity index is 1.93. The lowest BCUT2D eigenvalue weighted by Crippen LogP contribution is -2.32. The third-order valence-corrected chi connectivity index (χ3v) is 7.94. The molecule has 1 fully saturated rings. The van der Waals surface area contributed by atoms with Gasteiger partial charge in [-0.1, -0.05) is 22.9 Å². The largest absolute Gasteiger partial charge is 0.449 e. The van der Waals surface area contributed by atoms with Gasteiger partial charge in [-0.15, -0.1) is 0 Å². The Morgan fingerprint density at radius 1 is 1.13 bits per heavy atom. The highest BCUT2D eigenvalue weighted by Gasteiger charge is 2.37. The number of likely N-dealkylation sites (tertiary alicyclic amines) is 1. The molecule has 0 aliphatic carbocycles. The molecule has 0 spiro atoms. The zero-order valence-corrected chi connectivity index (χ0v) is 18.8. The van der Waals surface area contributed by atoms with E-state index in [1.165, 1.54) is 12.1 Å². The summed E-state index contributed by atoms with van der Waals surface area (Å²) in [6.07, 6.45) is 1.25. The molecule has 0 radical (unpaired) electrons. The summed E-state index contributed by atoms with van der Waals surface area (Å²) >= 11 is 3.25. The molecule has 3 rings (SSSR count). The molecule has 2 unspecified atom stereocenters. The second-order valence-electron chi connectivity index (χ2n) is 7.33. The second-order valence-corrected chi connectivity index (χ2v) is 10.3. The predicted molar refractivity (Wildman–Crippen MR) is 112 cm³/mol. The Labute approximate surface area is 183 Å². The van der Waals surface area contributed by atoms with Crippen LogP contribution in [0.4, 0.5) is 13.6 Å². The van der Waals surface area contributed by atoms with E-state index in [2.05, 4.69) is 15.9 Å². The maximum Gasteiger partial charge on any atom is 0.409 e. The van der Waals surface area contributed by atoms with Gasteiger partial charge in [-0.25, -0.2) is 22.0 Å². The van der Waals surface area contributed by atoms with E-state index < -0.39 is 38.7 Å². The minimum Gasteiger partial charge on any atom is -0.449 e. The fourth-order valence-electron chi connectivity index (χ4n) is 3.56. The molecule has 30 heavy (non-hydrogen) atoms. The zero-order valence-electron chi connectivity index (χ0n) is 16.4. The number of carbonyl (C=O) groups excluding carboxylic acids is 1. The van der Waals surface area contributed by atoms with Crippen LogP contribution in [-0.2, 0) is 14.6 Å². The first-order chi connectivity index (χ1) is 14.2. The Kier molecular flexibility index (Phi) is 7.13.